The summed E-state index contributed by atoms with van der Waals surface area (Å²) in [6.45, 7) is 0.266. The lowest BCUT2D eigenvalue weighted by molar-refractivity contribution is -0.138. The second kappa shape index (κ2) is 10.0. The number of aliphatic imine (C=N–C) groups is 1. The molecule has 7 nitrogen and oxygen atoms in total. The van der Waals surface area contributed by atoms with Crippen LogP contribution >= 0.6 is 23.4 Å². The van der Waals surface area contributed by atoms with Crippen molar-refractivity contribution >= 4 is 51.4 Å². The Kier molecular flexibility index (Phi) is 7.22. The molecule has 184 valence electrons. The van der Waals surface area contributed by atoms with Gasteiger partial charge in [0.1, 0.15) is 0 Å². The molecule has 2 aromatic carbocycles. The average molecular weight is 524 g/mol. The van der Waals surface area contributed by atoms with Gasteiger partial charge in [0.2, 0.25) is 0 Å². The number of benzene rings is 2. The monoisotopic (exact) mass is 523 g/mol. The minimum absolute atomic E-state index is 0.0114. The number of carbonyl (C=O) groups excluding carboxylic acids is 1. The van der Waals surface area contributed by atoms with Gasteiger partial charge in [0.15, 0.2) is 5.17 Å². The van der Waals surface area contributed by atoms with E-state index in [1.807, 2.05) is 0 Å². The molecule has 0 fully saturated rings. The first-order valence-electron chi connectivity index (χ1n) is 10.5. The summed E-state index contributed by atoms with van der Waals surface area (Å²) < 4.78 is 41.8. The Hall–Kier alpha value is -2.86. The van der Waals surface area contributed by atoms with E-state index in [4.69, 9.17) is 17.3 Å². The lowest BCUT2D eigenvalue weighted by atomic mass is 10.1. The highest BCUT2D eigenvalue weighted by Crippen LogP contribution is 2.35. The molecular weight excluding hydrogens is 503 g/mol. The molecular formula is C23H21ClF3N5O2S. The van der Waals surface area contributed by atoms with Gasteiger partial charge in [-0.25, -0.2) is 0 Å². The lowest BCUT2D eigenvalue weighted by Crippen LogP contribution is -2.36. The fraction of sp³-hybridized carbons (Fsp3) is 0.261. The summed E-state index contributed by atoms with van der Waals surface area (Å²) in [5.41, 5.74) is 6.06. The molecule has 0 spiro atoms. The fourth-order valence-electron chi connectivity index (χ4n) is 3.61. The fourth-order valence-corrected chi connectivity index (χ4v) is 4.67. The molecule has 1 amide bonds. The Balaban J connectivity index is 1.55. The zero-order valence-electron chi connectivity index (χ0n) is 18.5. The molecule has 1 aliphatic rings. The predicted octanol–water partition coefficient (Wildman–Crippen LogP) is 3.98. The van der Waals surface area contributed by atoms with E-state index in [1.165, 1.54) is 28.6 Å². The van der Waals surface area contributed by atoms with E-state index in [0.29, 0.717) is 21.0 Å². The molecule has 0 bridgehead atoms. The maximum Gasteiger partial charge on any atom is 0.416 e. The van der Waals surface area contributed by atoms with Gasteiger partial charge in [-0.2, -0.15) is 23.3 Å². The topological polar surface area (TPSA) is 96.7 Å². The van der Waals surface area contributed by atoms with E-state index in [-0.39, 0.29) is 30.2 Å². The molecule has 35 heavy (non-hydrogen) atoms. The SMILES string of the molecule is CN(CC(O)CN)C1=NC(=O)/C(=C/c2ccc3c(cnn3Cc3ccc(Cl)cc3C(F)(F)F)c2)S1. The molecule has 3 N–H and O–H groups in total. The van der Waals surface area contributed by atoms with Crippen LogP contribution in [-0.2, 0) is 17.5 Å². The van der Waals surface area contributed by atoms with Crippen molar-refractivity contribution in [2.24, 2.45) is 10.7 Å². The Morgan fingerprint density at radius 1 is 1.29 bits per heavy atom. The smallest absolute Gasteiger partial charge is 0.390 e. The number of thioether (sulfide) groups is 1. The number of aromatic nitrogens is 2. The predicted molar refractivity (Wildman–Crippen MR) is 131 cm³/mol. The maximum atomic E-state index is 13.5. The molecule has 0 radical (unpaired) electrons. The van der Waals surface area contributed by atoms with Gasteiger partial charge in [0.05, 0.1) is 34.8 Å². The van der Waals surface area contributed by atoms with Gasteiger partial charge < -0.3 is 15.7 Å². The Morgan fingerprint density at radius 3 is 2.77 bits per heavy atom. The van der Waals surface area contributed by atoms with Crippen molar-refractivity contribution in [2.75, 3.05) is 20.1 Å². The maximum absolute atomic E-state index is 13.5. The molecule has 0 saturated carbocycles. The number of fused-ring (bicyclic) bond motifs is 1. The highest BCUT2D eigenvalue weighted by Gasteiger charge is 2.33. The van der Waals surface area contributed by atoms with Gasteiger partial charge in [-0.05, 0) is 53.2 Å². The molecule has 1 aliphatic heterocycles. The van der Waals surface area contributed by atoms with Gasteiger partial charge in [0, 0.05) is 30.5 Å². The molecule has 4 rings (SSSR count). The van der Waals surface area contributed by atoms with Gasteiger partial charge in [-0.15, -0.1) is 0 Å². The molecule has 1 aromatic heterocycles. The lowest BCUT2D eigenvalue weighted by Gasteiger charge is -2.20. The second-order valence-electron chi connectivity index (χ2n) is 8.00. The molecule has 1 unspecified atom stereocenters. The van der Waals surface area contributed by atoms with Gasteiger partial charge >= 0.3 is 6.18 Å². The largest absolute Gasteiger partial charge is 0.416 e. The number of likely N-dealkylation sites (N-methyl/N-ethyl adjacent to an activating group) is 1. The van der Waals surface area contributed by atoms with Crippen LogP contribution in [0.4, 0.5) is 13.2 Å². The average Bonchev–Trinajstić information content (AvgIpc) is 3.37. The number of rotatable bonds is 6. The van der Waals surface area contributed by atoms with E-state index in [0.717, 1.165) is 11.6 Å². The number of amides is 1. The van der Waals surface area contributed by atoms with E-state index >= 15 is 0 Å². The summed E-state index contributed by atoms with van der Waals surface area (Å²) in [5, 5.41) is 15.2. The number of carbonyl (C=O) groups is 1. The Labute approximate surface area is 208 Å². The number of aliphatic hydroxyl groups excluding tert-OH is 1. The molecule has 1 atom stereocenters. The minimum atomic E-state index is -4.54. The highest BCUT2D eigenvalue weighted by atomic mass is 35.5. The van der Waals surface area contributed by atoms with Gasteiger partial charge in [0.25, 0.3) is 5.91 Å². The van der Waals surface area contributed by atoms with Crippen LogP contribution in [0.5, 0.6) is 0 Å². The van der Waals surface area contributed by atoms with Crippen LogP contribution < -0.4 is 5.73 Å². The van der Waals surface area contributed by atoms with Crippen molar-refractivity contribution in [2.45, 2.75) is 18.8 Å². The summed E-state index contributed by atoms with van der Waals surface area (Å²) in [4.78, 5) is 18.5. The van der Waals surface area contributed by atoms with E-state index < -0.39 is 23.8 Å². The normalized spacial score (nSPS) is 16.3. The molecule has 0 saturated heterocycles. The van der Waals surface area contributed by atoms with E-state index in [9.17, 15) is 23.1 Å². The second-order valence-corrected chi connectivity index (χ2v) is 9.45. The number of aliphatic hydroxyl groups is 1. The van der Waals surface area contributed by atoms with E-state index in [2.05, 4.69) is 10.1 Å². The first kappa shape index (κ1) is 25.2. The zero-order chi connectivity index (χ0) is 25.3. The van der Waals surface area contributed by atoms with Crippen LogP contribution in [0.3, 0.4) is 0 Å². The first-order chi connectivity index (χ1) is 16.5. The van der Waals surface area contributed by atoms with Crippen molar-refractivity contribution in [1.82, 2.24) is 14.7 Å². The number of nitrogens with two attached hydrogens (primary N) is 1. The number of halogens is 4. The summed E-state index contributed by atoms with van der Waals surface area (Å²) >= 11 is 6.96. The van der Waals surface area contributed by atoms with Crippen LogP contribution in [0, 0.1) is 0 Å². The molecule has 12 heteroatoms. The van der Waals surface area contributed by atoms with Crippen molar-refractivity contribution in [3.05, 3.63) is 69.2 Å². The third kappa shape index (κ3) is 5.69. The highest BCUT2D eigenvalue weighted by molar-refractivity contribution is 8.18. The summed E-state index contributed by atoms with van der Waals surface area (Å²) in [6.07, 6.45) is -2.01. The number of alkyl halides is 3. The minimum Gasteiger partial charge on any atom is -0.390 e. The third-order valence-electron chi connectivity index (χ3n) is 5.35. The van der Waals surface area contributed by atoms with Crippen LogP contribution in [-0.4, -0.2) is 57.1 Å². The molecule has 0 aliphatic carbocycles. The molecule has 3 aromatic rings. The summed E-state index contributed by atoms with van der Waals surface area (Å²) in [7, 11) is 1.71. The number of hydrogen-bond donors (Lipinski definition) is 2. The number of nitrogens with zero attached hydrogens (tertiary/aromatic N) is 4. The van der Waals surface area contributed by atoms with Crippen molar-refractivity contribution in [3.8, 4) is 0 Å². The van der Waals surface area contributed by atoms with Crippen LogP contribution in [0.25, 0.3) is 17.0 Å². The first-order valence-corrected chi connectivity index (χ1v) is 11.7. The summed E-state index contributed by atoms with van der Waals surface area (Å²) in [6, 6.07) is 8.98. The van der Waals surface area contributed by atoms with Gasteiger partial charge in [-0.3, -0.25) is 9.48 Å². The Bertz CT molecular complexity index is 1340. The standard InChI is InChI=1S/C23H21ClF3N5O2S/c1-31(12-17(33)9-28)22-30-21(34)20(35-22)7-13-2-5-19-15(6-13)10-29-32(19)11-14-3-4-16(24)8-18(14)23(25,26)27/h2-8,10,17,33H,9,11-12,28H2,1H3/b20-7-. The molecule has 2 heterocycles. The van der Waals surface area contributed by atoms with E-state index in [1.54, 1.807) is 42.4 Å². The quantitative estimate of drug-likeness (QED) is 0.474. The number of hydrogen-bond acceptors (Lipinski definition) is 6. The van der Waals surface area contributed by atoms with Crippen molar-refractivity contribution < 1.29 is 23.1 Å². The summed E-state index contributed by atoms with van der Waals surface area (Å²) in [5.74, 6) is -0.391. The van der Waals surface area contributed by atoms with Crippen LogP contribution in [0.15, 0.2) is 52.5 Å². The van der Waals surface area contributed by atoms with Crippen LogP contribution in [0.2, 0.25) is 5.02 Å². The van der Waals surface area contributed by atoms with Crippen molar-refractivity contribution in [1.29, 1.82) is 0 Å². The van der Waals surface area contributed by atoms with Gasteiger partial charge in [-0.1, -0.05) is 23.7 Å². The van der Waals surface area contributed by atoms with Crippen LogP contribution in [0.1, 0.15) is 16.7 Å². The number of amidine groups is 1. The Morgan fingerprint density at radius 2 is 2.06 bits per heavy atom. The zero-order valence-corrected chi connectivity index (χ0v) is 20.0. The third-order valence-corrected chi connectivity index (χ3v) is 6.69. The van der Waals surface area contributed by atoms with Crippen molar-refractivity contribution in [3.63, 3.8) is 0 Å².